The zero-order valence-electron chi connectivity index (χ0n) is 19.3. The summed E-state index contributed by atoms with van der Waals surface area (Å²) in [5.74, 6) is 2.44. The van der Waals surface area contributed by atoms with E-state index in [-0.39, 0.29) is 5.91 Å². The predicted molar refractivity (Wildman–Crippen MR) is 132 cm³/mol. The molecule has 2 aromatic carbocycles. The molecule has 0 radical (unpaired) electrons. The molecule has 178 valence electrons. The van der Waals surface area contributed by atoms with Crippen LogP contribution in [0.5, 0.6) is 11.5 Å². The number of hydrogen-bond acceptors (Lipinski definition) is 7. The number of likely N-dealkylation sites (tertiary alicyclic amines) is 1. The molecule has 3 aliphatic heterocycles. The summed E-state index contributed by atoms with van der Waals surface area (Å²) in [5.41, 5.74) is 2.33. The maximum absolute atomic E-state index is 13.0. The van der Waals surface area contributed by atoms with Gasteiger partial charge in [0.05, 0.1) is 21.8 Å². The van der Waals surface area contributed by atoms with Gasteiger partial charge in [0.15, 0.2) is 11.5 Å². The summed E-state index contributed by atoms with van der Waals surface area (Å²) in [6.45, 7) is 7.05. The molecule has 8 heteroatoms. The SMILES string of the molecule is O=C(CN1CCC(c2nc3ccccc3s2)CC1)N1CCN(Cc2ccc3c(c2)OCO3)CC1. The van der Waals surface area contributed by atoms with Gasteiger partial charge in [-0.05, 0) is 55.8 Å². The summed E-state index contributed by atoms with van der Waals surface area (Å²) in [4.78, 5) is 24.6. The minimum Gasteiger partial charge on any atom is -0.454 e. The normalized spacial score (nSPS) is 19.7. The molecule has 1 aromatic heterocycles. The number of carbonyl (C=O) groups excluding carboxylic acids is 1. The van der Waals surface area contributed by atoms with Crippen molar-refractivity contribution in [3.05, 3.63) is 53.0 Å². The number of amides is 1. The zero-order chi connectivity index (χ0) is 22.9. The van der Waals surface area contributed by atoms with E-state index in [0.717, 1.165) is 75.7 Å². The molecule has 34 heavy (non-hydrogen) atoms. The molecule has 2 saturated heterocycles. The first kappa shape index (κ1) is 21.8. The van der Waals surface area contributed by atoms with E-state index in [1.807, 2.05) is 22.3 Å². The lowest BCUT2D eigenvalue weighted by atomic mass is 9.97. The number of nitrogens with zero attached hydrogens (tertiary/aromatic N) is 4. The lowest BCUT2D eigenvalue weighted by molar-refractivity contribution is -0.134. The second kappa shape index (κ2) is 9.52. The quantitative estimate of drug-likeness (QED) is 0.559. The van der Waals surface area contributed by atoms with Crippen molar-refractivity contribution < 1.29 is 14.3 Å². The fraction of sp³-hybridized carbons (Fsp3) is 0.462. The standard InChI is InChI=1S/C26H30N4O3S/c31-25(17-28-9-7-20(8-10-28)26-27-21-3-1-2-4-24(21)34-26)30-13-11-29(12-14-30)16-19-5-6-22-23(15-19)33-18-32-22/h1-6,15,20H,7-14,16-18H2. The Labute approximate surface area is 203 Å². The summed E-state index contributed by atoms with van der Waals surface area (Å²) < 4.78 is 12.2. The number of para-hydroxylation sites is 1. The van der Waals surface area contributed by atoms with E-state index < -0.39 is 0 Å². The van der Waals surface area contributed by atoms with Crippen molar-refractivity contribution in [3.8, 4) is 11.5 Å². The van der Waals surface area contributed by atoms with Crippen LogP contribution in [0.2, 0.25) is 0 Å². The van der Waals surface area contributed by atoms with Crippen molar-refractivity contribution in [1.29, 1.82) is 0 Å². The molecule has 1 amide bonds. The van der Waals surface area contributed by atoms with Gasteiger partial charge in [-0.2, -0.15) is 0 Å². The second-order valence-corrected chi connectivity index (χ2v) is 10.5. The predicted octanol–water partition coefficient (Wildman–Crippen LogP) is 3.55. The highest BCUT2D eigenvalue weighted by molar-refractivity contribution is 7.18. The number of piperazine rings is 1. The fourth-order valence-electron chi connectivity index (χ4n) is 5.15. The molecule has 0 unspecified atom stereocenters. The van der Waals surface area contributed by atoms with Crippen LogP contribution >= 0.6 is 11.3 Å². The number of rotatable bonds is 5. The van der Waals surface area contributed by atoms with Crippen LogP contribution < -0.4 is 9.47 Å². The molecule has 0 saturated carbocycles. The molecule has 0 aliphatic carbocycles. The van der Waals surface area contributed by atoms with Crippen molar-refractivity contribution in [2.45, 2.75) is 25.3 Å². The van der Waals surface area contributed by atoms with Crippen molar-refractivity contribution in [2.24, 2.45) is 0 Å². The highest BCUT2D eigenvalue weighted by atomic mass is 32.1. The largest absolute Gasteiger partial charge is 0.454 e. The molecule has 0 N–H and O–H groups in total. The van der Waals surface area contributed by atoms with Gasteiger partial charge >= 0.3 is 0 Å². The summed E-state index contributed by atoms with van der Waals surface area (Å²) in [6, 6.07) is 14.5. The Morgan fingerprint density at radius 3 is 2.56 bits per heavy atom. The van der Waals surface area contributed by atoms with Crippen LogP contribution in [0.25, 0.3) is 10.2 Å². The Hall–Kier alpha value is -2.68. The van der Waals surface area contributed by atoms with Crippen LogP contribution in [-0.4, -0.2) is 78.2 Å². The van der Waals surface area contributed by atoms with Gasteiger partial charge in [0.25, 0.3) is 0 Å². The monoisotopic (exact) mass is 478 g/mol. The third-order valence-corrected chi connectivity index (χ3v) is 8.37. The molecule has 0 atom stereocenters. The van der Waals surface area contributed by atoms with Crippen molar-refractivity contribution in [2.75, 3.05) is 52.6 Å². The number of hydrogen-bond donors (Lipinski definition) is 0. The molecule has 7 nitrogen and oxygen atoms in total. The molecule has 3 aromatic rings. The Bertz CT molecular complexity index is 1130. The van der Waals surface area contributed by atoms with E-state index in [2.05, 4.69) is 46.2 Å². The molecule has 2 fully saturated rings. The van der Waals surface area contributed by atoms with Crippen LogP contribution in [0, 0.1) is 0 Å². The average molecular weight is 479 g/mol. The molecular formula is C26H30N4O3S. The van der Waals surface area contributed by atoms with Gasteiger partial charge in [-0.1, -0.05) is 18.2 Å². The maximum Gasteiger partial charge on any atom is 0.236 e. The van der Waals surface area contributed by atoms with E-state index in [1.54, 1.807) is 0 Å². The third kappa shape index (κ3) is 4.62. The van der Waals surface area contributed by atoms with Gasteiger partial charge in [-0.25, -0.2) is 4.98 Å². The Kier molecular flexibility index (Phi) is 6.11. The van der Waals surface area contributed by atoms with E-state index in [0.29, 0.717) is 19.3 Å². The average Bonchev–Trinajstić information content (AvgIpc) is 3.51. The number of piperidine rings is 1. The summed E-state index contributed by atoms with van der Waals surface area (Å²) >= 11 is 1.83. The number of thiazole rings is 1. The Morgan fingerprint density at radius 2 is 1.74 bits per heavy atom. The van der Waals surface area contributed by atoms with E-state index in [1.165, 1.54) is 15.3 Å². The van der Waals surface area contributed by atoms with Crippen LogP contribution in [0.4, 0.5) is 0 Å². The van der Waals surface area contributed by atoms with Crippen molar-refractivity contribution in [3.63, 3.8) is 0 Å². The number of aromatic nitrogens is 1. The minimum atomic E-state index is 0.265. The first-order chi connectivity index (χ1) is 16.7. The number of fused-ring (bicyclic) bond motifs is 2. The van der Waals surface area contributed by atoms with Crippen molar-refractivity contribution in [1.82, 2.24) is 19.7 Å². The van der Waals surface area contributed by atoms with Crippen LogP contribution in [0.3, 0.4) is 0 Å². The lowest BCUT2D eigenvalue weighted by Gasteiger charge is -2.37. The lowest BCUT2D eigenvalue weighted by Crippen LogP contribution is -2.51. The second-order valence-electron chi connectivity index (χ2n) is 9.41. The number of ether oxygens (including phenoxy) is 2. The van der Waals surface area contributed by atoms with Gasteiger partial charge < -0.3 is 14.4 Å². The highest BCUT2D eigenvalue weighted by Crippen LogP contribution is 2.34. The summed E-state index contributed by atoms with van der Waals surface area (Å²) in [6.07, 6.45) is 2.16. The fourth-order valence-corrected chi connectivity index (χ4v) is 6.28. The molecule has 0 spiro atoms. The van der Waals surface area contributed by atoms with E-state index in [9.17, 15) is 4.79 Å². The maximum atomic E-state index is 13.0. The summed E-state index contributed by atoms with van der Waals surface area (Å²) in [5, 5.41) is 1.26. The first-order valence-electron chi connectivity index (χ1n) is 12.2. The Balaban J connectivity index is 0.957. The molecule has 3 aliphatic rings. The van der Waals surface area contributed by atoms with Gasteiger partial charge in [0, 0.05) is 38.6 Å². The van der Waals surface area contributed by atoms with Crippen LogP contribution in [-0.2, 0) is 11.3 Å². The van der Waals surface area contributed by atoms with Crippen LogP contribution in [0.15, 0.2) is 42.5 Å². The molecule has 4 heterocycles. The van der Waals surface area contributed by atoms with Gasteiger partial charge in [-0.3, -0.25) is 14.6 Å². The molecule has 0 bridgehead atoms. The summed E-state index contributed by atoms with van der Waals surface area (Å²) in [7, 11) is 0. The topological polar surface area (TPSA) is 58.1 Å². The van der Waals surface area contributed by atoms with E-state index in [4.69, 9.17) is 14.5 Å². The molecular weight excluding hydrogens is 448 g/mol. The Morgan fingerprint density at radius 1 is 0.941 bits per heavy atom. The number of benzene rings is 2. The van der Waals surface area contributed by atoms with Gasteiger partial charge in [0.1, 0.15) is 0 Å². The van der Waals surface area contributed by atoms with E-state index >= 15 is 0 Å². The number of carbonyl (C=O) groups is 1. The van der Waals surface area contributed by atoms with Crippen LogP contribution in [0.1, 0.15) is 29.3 Å². The minimum absolute atomic E-state index is 0.265. The molecule has 6 rings (SSSR count). The first-order valence-corrected chi connectivity index (χ1v) is 13.0. The smallest absolute Gasteiger partial charge is 0.236 e. The zero-order valence-corrected chi connectivity index (χ0v) is 20.1. The van der Waals surface area contributed by atoms with Crippen molar-refractivity contribution >= 4 is 27.5 Å². The highest BCUT2D eigenvalue weighted by Gasteiger charge is 2.27. The third-order valence-electron chi connectivity index (χ3n) is 7.17. The van der Waals surface area contributed by atoms with Gasteiger partial charge in [0.2, 0.25) is 12.7 Å². The van der Waals surface area contributed by atoms with Gasteiger partial charge in [-0.15, -0.1) is 11.3 Å².